The van der Waals surface area contributed by atoms with Crippen LogP contribution in [0.1, 0.15) is 47.4 Å². The van der Waals surface area contributed by atoms with Crippen LogP contribution >= 0.6 is 0 Å². The molecule has 1 atom stereocenters. The second kappa shape index (κ2) is 5.79. The molecule has 0 aliphatic carbocycles. The Hall–Kier alpha value is -1.76. The van der Waals surface area contributed by atoms with Gasteiger partial charge in [-0.15, -0.1) is 5.06 Å². The number of carbonyl (C=O) groups is 2. The standard InChI is InChI=1S/C16H19NO5/c1-16(2)20-10-11(22-16)6-5-9-21-17-14(18)12-7-3-4-8-13(12)15(17)19/h3-4,7-8,11H,5-6,9-10H2,1-2H3/t11-/m1/s1. The molecule has 0 bridgehead atoms. The zero-order valence-electron chi connectivity index (χ0n) is 12.7. The third kappa shape index (κ3) is 2.90. The molecule has 2 aliphatic heterocycles. The van der Waals surface area contributed by atoms with Gasteiger partial charge in [0.15, 0.2) is 5.79 Å². The number of rotatable bonds is 5. The van der Waals surface area contributed by atoms with Gasteiger partial charge in [-0.05, 0) is 38.8 Å². The van der Waals surface area contributed by atoms with Gasteiger partial charge < -0.3 is 9.47 Å². The molecule has 0 radical (unpaired) electrons. The van der Waals surface area contributed by atoms with Gasteiger partial charge in [-0.25, -0.2) is 0 Å². The Balaban J connectivity index is 1.47. The highest BCUT2D eigenvalue weighted by molar-refractivity contribution is 6.20. The van der Waals surface area contributed by atoms with Crippen molar-refractivity contribution in [3.63, 3.8) is 0 Å². The van der Waals surface area contributed by atoms with Crippen molar-refractivity contribution in [3.05, 3.63) is 35.4 Å². The predicted octanol–water partition coefficient (Wildman–Crippen LogP) is 2.15. The van der Waals surface area contributed by atoms with Crippen LogP contribution in [0.15, 0.2) is 24.3 Å². The molecule has 1 fully saturated rings. The van der Waals surface area contributed by atoms with E-state index >= 15 is 0 Å². The van der Waals surface area contributed by atoms with Crippen LogP contribution in [-0.2, 0) is 14.3 Å². The van der Waals surface area contributed by atoms with E-state index in [4.69, 9.17) is 14.3 Å². The van der Waals surface area contributed by atoms with Crippen LogP contribution < -0.4 is 0 Å². The van der Waals surface area contributed by atoms with Gasteiger partial charge >= 0.3 is 0 Å². The van der Waals surface area contributed by atoms with Gasteiger partial charge in [0.1, 0.15) is 0 Å². The smallest absolute Gasteiger partial charge is 0.285 e. The van der Waals surface area contributed by atoms with Gasteiger partial charge in [-0.2, -0.15) is 0 Å². The molecule has 0 unspecified atom stereocenters. The molecule has 1 saturated heterocycles. The molecule has 2 aliphatic rings. The quantitative estimate of drug-likeness (QED) is 0.616. The summed E-state index contributed by atoms with van der Waals surface area (Å²) < 4.78 is 11.2. The van der Waals surface area contributed by atoms with Crippen molar-refractivity contribution in [1.29, 1.82) is 0 Å². The number of hydrogen-bond acceptors (Lipinski definition) is 5. The summed E-state index contributed by atoms with van der Waals surface area (Å²) in [5.41, 5.74) is 0.781. The Kier molecular flexibility index (Phi) is 3.99. The third-order valence-electron chi connectivity index (χ3n) is 3.71. The van der Waals surface area contributed by atoms with E-state index in [1.54, 1.807) is 24.3 Å². The molecular weight excluding hydrogens is 286 g/mol. The number of amides is 2. The Morgan fingerprint density at radius 2 is 1.86 bits per heavy atom. The summed E-state index contributed by atoms with van der Waals surface area (Å²) in [4.78, 5) is 29.5. The highest BCUT2D eigenvalue weighted by Gasteiger charge is 2.36. The zero-order valence-corrected chi connectivity index (χ0v) is 12.7. The molecule has 6 nitrogen and oxygen atoms in total. The van der Waals surface area contributed by atoms with E-state index in [9.17, 15) is 9.59 Å². The molecule has 0 spiro atoms. The highest BCUT2D eigenvalue weighted by atomic mass is 16.7. The second-order valence-corrected chi connectivity index (χ2v) is 5.88. The Morgan fingerprint density at radius 3 is 2.41 bits per heavy atom. The lowest BCUT2D eigenvalue weighted by Crippen LogP contribution is -2.30. The molecule has 6 heteroatoms. The van der Waals surface area contributed by atoms with Crippen LogP contribution in [0.25, 0.3) is 0 Å². The monoisotopic (exact) mass is 305 g/mol. The van der Waals surface area contributed by atoms with Gasteiger partial charge in [0.25, 0.3) is 11.8 Å². The van der Waals surface area contributed by atoms with Crippen molar-refractivity contribution in [1.82, 2.24) is 5.06 Å². The number of nitrogens with zero attached hydrogens (tertiary/aromatic N) is 1. The van der Waals surface area contributed by atoms with Gasteiger partial charge in [-0.1, -0.05) is 12.1 Å². The van der Waals surface area contributed by atoms with Crippen molar-refractivity contribution in [2.45, 2.75) is 38.6 Å². The van der Waals surface area contributed by atoms with E-state index in [1.807, 2.05) is 13.8 Å². The fraction of sp³-hybridized carbons (Fsp3) is 0.500. The predicted molar refractivity (Wildman–Crippen MR) is 77.0 cm³/mol. The van der Waals surface area contributed by atoms with Crippen LogP contribution in [0.2, 0.25) is 0 Å². The van der Waals surface area contributed by atoms with E-state index in [0.717, 1.165) is 11.5 Å². The van der Waals surface area contributed by atoms with Crippen LogP contribution in [0.5, 0.6) is 0 Å². The van der Waals surface area contributed by atoms with E-state index < -0.39 is 17.6 Å². The molecule has 22 heavy (non-hydrogen) atoms. The number of hydrogen-bond donors (Lipinski definition) is 0. The minimum atomic E-state index is -0.534. The van der Waals surface area contributed by atoms with Crippen molar-refractivity contribution >= 4 is 11.8 Å². The first-order valence-electron chi connectivity index (χ1n) is 7.40. The first-order chi connectivity index (χ1) is 10.5. The summed E-state index contributed by atoms with van der Waals surface area (Å²) in [7, 11) is 0. The van der Waals surface area contributed by atoms with Crippen LogP contribution in [0.4, 0.5) is 0 Å². The SMILES string of the molecule is CC1(C)OC[C@@H](CCCON2C(=O)c3ccccc3C2=O)O1. The lowest BCUT2D eigenvalue weighted by molar-refractivity contribution is -0.140. The van der Waals surface area contributed by atoms with E-state index in [0.29, 0.717) is 24.2 Å². The van der Waals surface area contributed by atoms with Crippen LogP contribution in [0, 0.1) is 0 Å². The maximum atomic E-state index is 12.1. The van der Waals surface area contributed by atoms with Gasteiger partial charge in [-0.3, -0.25) is 14.4 Å². The second-order valence-electron chi connectivity index (χ2n) is 5.88. The number of fused-ring (bicyclic) bond motifs is 1. The average Bonchev–Trinajstić information content (AvgIpc) is 2.95. The fourth-order valence-corrected chi connectivity index (χ4v) is 2.66. The molecule has 0 aromatic heterocycles. The molecule has 0 saturated carbocycles. The fourth-order valence-electron chi connectivity index (χ4n) is 2.66. The summed E-state index contributed by atoms with van der Waals surface area (Å²) in [6, 6.07) is 6.72. The highest BCUT2D eigenvalue weighted by Crippen LogP contribution is 2.25. The van der Waals surface area contributed by atoms with Crippen molar-refractivity contribution in [3.8, 4) is 0 Å². The topological polar surface area (TPSA) is 65.1 Å². The lowest BCUT2D eigenvalue weighted by atomic mass is 10.1. The number of hydroxylamine groups is 2. The van der Waals surface area contributed by atoms with Crippen LogP contribution in [-0.4, -0.2) is 42.0 Å². The van der Waals surface area contributed by atoms with E-state index in [2.05, 4.69) is 0 Å². The summed E-state index contributed by atoms with van der Waals surface area (Å²) in [5.74, 6) is -1.34. The number of carbonyl (C=O) groups excluding carboxylic acids is 2. The van der Waals surface area contributed by atoms with Crippen molar-refractivity contribution < 1.29 is 23.9 Å². The summed E-state index contributed by atoms with van der Waals surface area (Å²) in [5, 5.41) is 0.848. The number of benzene rings is 1. The van der Waals surface area contributed by atoms with E-state index in [1.165, 1.54) is 0 Å². The minimum Gasteiger partial charge on any atom is -0.348 e. The normalized spacial score (nSPS) is 23.2. The van der Waals surface area contributed by atoms with Crippen molar-refractivity contribution in [2.75, 3.05) is 13.2 Å². The first kappa shape index (κ1) is 15.1. The molecule has 1 aromatic rings. The molecule has 118 valence electrons. The zero-order chi connectivity index (χ0) is 15.7. The summed E-state index contributed by atoms with van der Waals surface area (Å²) >= 11 is 0. The van der Waals surface area contributed by atoms with Gasteiger partial charge in [0.2, 0.25) is 0 Å². The molecule has 3 rings (SSSR count). The van der Waals surface area contributed by atoms with Crippen molar-refractivity contribution in [2.24, 2.45) is 0 Å². The number of ether oxygens (including phenoxy) is 2. The third-order valence-corrected chi connectivity index (χ3v) is 3.71. The first-order valence-corrected chi connectivity index (χ1v) is 7.40. The molecular formula is C16H19NO5. The molecule has 2 amide bonds. The summed E-state index contributed by atoms with van der Waals surface area (Å²) in [6.07, 6.45) is 1.46. The maximum Gasteiger partial charge on any atom is 0.285 e. The number of imide groups is 1. The van der Waals surface area contributed by atoms with Gasteiger partial charge in [0, 0.05) is 0 Å². The Labute approximate surface area is 128 Å². The van der Waals surface area contributed by atoms with Crippen LogP contribution in [0.3, 0.4) is 0 Å². The van der Waals surface area contributed by atoms with E-state index in [-0.39, 0.29) is 12.7 Å². The summed E-state index contributed by atoms with van der Waals surface area (Å²) in [6.45, 7) is 4.59. The molecule has 1 aromatic carbocycles. The Bertz CT molecular complexity index is 563. The largest absolute Gasteiger partial charge is 0.348 e. The van der Waals surface area contributed by atoms with Gasteiger partial charge in [0.05, 0.1) is 30.4 Å². The lowest BCUT2D eigenvalue weighted by Gasteiger charge is -2.17. The molecule has 2 heterocycles. The maximum absolute atomic E-state index is 12.1. The molecule has 0 N–H and O–H groups in total. The Morgan fingerprint density at radius 1 is 1.23 bits per heavy atom. The average molecular weight is 305 g/mol. The minimum absolute atomic E-state index is 0.0285.